The molecule has 0 bridgehead atoms. The second kappa shape index (κ2) is 4.97. The summed E-state index contributed by atoms with van der Waals surface area (Å²) in [7, 11) is 0. The molecule has 0 saturated carbocycles. The first-order valence-corrected chi connectivity index (χ1v) is 6.46. The molecule has 17 heavy (non-hydrogen) atoms. The van der Waals surface area contributed by atoms with Crippen molar-refractivity contribution in [3.05, 3.63) is 5.01 Å². The van der Waals surface area contributed by atoms with Crippen molar-refractivity contribution in [3.8, 4) is 0 Å². The number of piperidine rings is 1. The summed E-state index contributed by atoms with van der Waals surface area (Å²) in [6.45, 7) is 3.12. The lowest BCUT2D eigenvalue weighted by atomic mass is 9.92. The van der Waals surface area contributed by atoms with Crippen LogP contribution in [0.1, 0.15) is 29.6 Å². The van der Waals surface area contributed by atoms with Crippen molar-refractivity contribution in [1.82, 2.24) is 15.1 Å². The van der Waals surface area contributed by atoms with E-state index in [1.54, 1.807) is 11.8 Å². The van der Waals surface area contributed by atoms with E-state index in [9.17, 15) is 9.90 Å². The zero-order valence-corrected chi connectivity index (χ0v) is 10.5. The minimum absolute atomic E-state index is 0.108. The smallest absolute Gasteiger partial charge is 0.284 e. The van der Waals surface area contributed by atoms with Gasteiger partial charge in [0.15, 0.2) is 0 Å². The van der Waals surface area contributed by atoms with Gasteiger partial charge in [-0.1, -0.05) is 11.3 Å². The average molecular weight is 256 g/mol. The lowest BCUT2D eigenvalue weighted by Gasteiger charge is -2.32. The van der Waals surface area contributed by atoms with Crippen LogP contribution in [-0.2, 0) is 0 Å². The first-order chi connectivity index (χ1) is 8.08. The van der Waals surface area contributed by atoms with Crippen molar-refractivity contribution in [2.45, 2.75) is 25.9 Å². The minimum atomic E-state index is -0.301. The molecule has 1 unspecified atom stereocenters. The first-order valence-electron chi connectivity index (χ1n) is 5.64. The molecule has 2 heterocycles. The number of nitrogens with zero attached hydrogens (tertiary/aromatic N) is 3. The summed E-state index contributed by atoms with van der Waals surface area (Å²) in [5.41, 5.74) is 5.45. The average Bonchev–Trinajstić information content (AvgIpc) is 2.75. The summed E-state index contributed by atoms with van der Waals surface area (Å²) < 4.78 is 0. The third-order valence-corrected chi connectivity index (χ3v) is 3.87. The maximum atomic E-state index is 12.0. The van der Waals surface area contributed by atoms with Crippen LogP contribution in [0.25, 0.3) is 0 Å². The molecule has 0 aromatic carbocycles. The van der Waals surface area contributed by atoms with Crippen molar-refractivity contribution in [1.29, 1.82) is 0 Å². The van der Waals surface area contributed by atoms with Crippen LogP contribution in [0, 0.1) is 5.92 Å². The van der Waals surface area contributed by atoms with Gasteiger partial charge in [0.1, 0.15) is 0 Å². The molecule has 1 aliphatic heterocycles. The number of aliphatic hydroxyl groups is 1. The van der Waals surface area contributed by atoms with E-state index in [4.69, 9.17) is 5.73 Å². The lowest BCUT2D eigenvalue weighted by molar-refractivity contribution is 0.0520. The highest BCUT2D eigenvalue weighted by molar-refractivity contribution is 7.16. The third-order valence-electron chi connectivity index (χ3n) is 3.13. The van der Waals surface area contributed by atoms with E-state index in [2.05, 4.69) is 10.2 Å². The molecule has 94 valence electrons. The zero-order valence-electron chi connectivity index (χ0n) is 9.67. The normalized spacial score (nSPS) is 19.3. The number of carbonyl (C=O) groups excluding carboxylic acids is 1. The summed E-state index contributed by atoms with van der Waals surface area (Å²) in [6.07, 6.45) is 1.36. The molecule has 1 fully saturated rings. The Bertz CT molecular complexity index is 399. The number of nitrogen functional groups attached to an aromatic ring is 1. The number of anilines is 1. The standard InChI is InChI=1S/C10H16N4O2S/c1-6(15)7-2-4-14(5-3-7)9(16)8-12-13-10(11)17-8/h6-7,15H,2-5H2,1H3,(H2,11,13). The highest BCUT2D eigenvalue weighted by Crippen LogP contribution is 2.22. The van der Waals surface area contributed by atoms with Crippen molar-refractivity contribution in [3.63, 3.8) is 0 Å². The zero-order chi connectivity index (χ0) is 12.4. The van der Waals surface area contributed by atoms with Crippen LogP contribution in [0.2, 0.25) is 0 Å². The fourth-order valence-electron chi connectivity index (χ4n) is 2.04. The molecule has 1 atom stereocenters. The topological polar surface area (TPSA) is 92.3 Å². The van der Waals surface area contributed by atoms with Crippen molar-refractivity contribution in [2.24, 2.45) is 5.92 Å². The highest BCUT2D eigenvalue weighted by atomic mass is 32.1. The molecule has 3 N–H and O–H groups in total. The van der Waals surface area contributed by atoms with E-state index in [1.807, 2.05) is 0 Å². The minimum Gasteiger partial charge on any atom is -0.393 e. The van der Waals surface area contributed by atoms with Gasteiger partial charge in [-0.3, -0.25) is 4.79 Å². The third kappa shape index (κ3) is 2.73. The number of hydrogen-bond acceptors (Lipinski definition) is 6. The SMILES string of the molecule is CC(O)C1CCN(C(=O)c2nnc(N)s2)CC1. The van der Waals surface area contributed by atoms with E-state index in [1.165, 1.54) is 0 Å². The Morgan fingerprint density at radius 2 is 2.18 bits per heavy atom. The van der Waals surface area contributed by atoms with Crippen LogP contribution in [0.3, 0.4) is 0 Å². The monoisotopic (exact) mass is 256 g/mol. The lowest BCUT2D eigenvalue weighted by Crippen LogP contribution is -2.40. The molecule has 1 aliphatic rings. The van der Waals surface area contributed by atoms with Crippen LogP contribution in [-0.4, -0.2) is 45.3 Å². The van der Waals surface area contributed by atoms with Crippen LogP contribution in [0.5, 0.6) is 0 Å². The summed E-state index contributed by atoms with van der Waals surface area (Å²) in [4.78, 5) is 13.8. The summed E-state index contributed by atoms with van der Waals surface area (Å²) >= 11 is 1.11. The van der Waals surface area contributed by atoms with Gasteiger partial charge in [0.25, 0.3) is 5.91 Å². The molecule has 0 aliphatic carbocycles. The first kappa shape index (κ1) is 12.3. The van der Waals surface area contributed by atoms with Crippen LogP contribution < -0.4 is 5.73 Å². The predicted octanol–water partition coefficient (Wildman–Crippen LogP) is 0.353. The Kier molecular flexibility index (Phi) is 3.58. The van der Waals surface area contributed by atoms with Gasteiger partial charge in [0.2, 0.25) is 10.1 Å². The second-order valence-corrected chi connectivity index (χ2v) is 5.32. The number of nitrogens with two attached hydrogens (primary N) is 1. The van der Waals surface area contributed by atoms with Gasteiger partial charge in [0, 0.05) is 13.1 Å². The van der Waals surface area contributed by atoms with Gasteiger partial charge in [-0.25, -0.2) is 0 Å². The molecular formula is C10H16N4O2S. The molecule has 1 amide bonds. The number of hydrogen-bond donors (Lipinski definition) is 2. The Balaban J connectivity index is 1.95. The quantitative estimate of drug-likeness (QED) is 0.796. The summed E-state index contributed by atoms with van der Waals surface area (Å²) in [6, 6.07) is 0. The van der Waals surface area contributed by atoms with Gasteiger partial charge in [-0.05, 0) is 25.7 Å². The van der Waals surface area contributed by atoms with Crippen LogP contribution in [0.4, 0.5) is 5.13 Å². The molecule has 6 nitrogen and oxygen atoms in total. The maximum absolute atomic E-state index is 12.0. The molecule has 0 spiro atoms. The number of aromatic nitrogens is 2. The van der Waals surface area contributed by atoms with Gasteiger partial charge in [-0.15, -0.1) is 10.2 Å². The van der Waals surface area contributed by atoms with Crippen LogP contribution in [0.15, 0.2) is 0 Å². The Morgan fingerprint density at radius 1 is 1.53 bits per heavy atom. The van der Waals surface area contributed by atoms with E-state index >= 15 is 0 Å². The Hall–Kier alpha value is -1.21. The highest BCUT2D eigenvalue weighted by Gasteiger charge is 2.27. The van der Waals surface area contributed by atoms with E-state index in [0.717, 1.165) is 24.2 Å². The number of carbonyl (C=O) groups is 1. The van der Waals surface area contributed by atoms with E-state index in [0.29, 0.717) is 29.1 Å². The summed E-state index contributed by atoms with van der Waals surface area (Å²) in [5, 5.41) is 17.5. The molecular weight excluding hydrogens is 240 g/mol. The van der Waals surface area contributed by atoms with E-state index in [-0.39, 0.29) is 12.0 Å². The molecule has 2 rings (SSSR count). The van der Waals surface area contributed by atoms with Gasteiger partial charge in [-0.2, -0.15) is 0 Å². The van der Waals surface area contributed by atoms with E-state index < -0.39 is 0 Å². The van der Waals surface area contributed by atoms with Gasteiger partial charge in [0.05, 0.1) is 6.10 Å². The molecule has 0 radical (unpaired) electrons. The number of rotatable bonds is 2. The van der Waals surface area contributed by atoms with Crippen molar-refractivity contribution in [2.75, 3.05) is 18.8 Å². The predicted molar refractivity (Wildman–Crippen MR) is 64.6 cm³/mol. The molecule has 7 heteroatoms. The number of likely N-dealkylation sites (tertiary alicyclic amines) is 1. The van der Waals surface area contributed by atoms with Crippen LogP contribution >= 0.6 is 11.3 Å². The van der Waals surface area contributed by atoms with Crippen molar-refractivity contribution < 1.29 is 9.90 Å². The Labute approximate surface area is 103 Å². The molecule has 1 saturated heterocycles. The summed E-state index contributed by atoms with van der Waals surface area (Å²) in [5.74, 6) is 0.182. The largest absolute Gasteiger partial charge is 0.393 e. The number of aliphatic hydroxyl groups excluding tert-OH is 1. The Morgan fingerprint density at radius 3 is 2.65 bits per heavy atom. The fourth-order valence-corrected chi connectivity index (χ4v) is 2.62. The fraction of sp³-hybridized carbons (Fsp3) is 0.700. The molecule has 1 aromatic rings. The second-order valence-electron chi connectivity index (χ2n) is 4.32. The van der Waals surface area contributed by atoms with Gasteiger partial charge >= 0.3 is 0 Å². The molecule has 1 aromatic heterocycles. The van der Waals surface area contributed by atoms with Gasteiger partial charge < -0.3 is 15.7 Å². The maximum Gasteiger partial charge on any atom is 0.284 e. The van der Waals surface area contributed by atoms with Crippen molar-refractivity contribution >= 4 is 22.4 Å². The number of amides is 1.